The van der Waals surface area contributed by atoms with E-state index >= 15 is 0 Å². The first-order chi connectivity index (χ1) is 6.24. The van der Waals surface area contributed by atoms with Gasteiger partial charge in [0, 0.05) is 21.3 Å². The molecule has 1 aromatic carbocycles. The van der Waals surface area contributed by atoms with Gasteiger partial charge in [-0.1, -0.05) is 6.07 Å². The second-order valence-electron chi connectivity index (χ2n) is 2.79. The summed E-state index contributed by atoms with van der Waals surface area (Å²) in [5.74, 6) is 2.39. The number of rotatable bonds is 4. The molecule has 72 valence electrons. The van der Waals surface area contributed by atoms with Crippen LogP contribution in [0.4, 0.5) is 0 Å². The molecule has 0 amide bonds. The minimum Gasteiger partial charge on any atom is -0.165 e. The van der Waals surface area contributed by atoms with Crippen molar-refractivity contribution in [2.24, 2.45) is 0 Å². The van der Waals surface area contributed by atoms with Gasteiger partial charge in [-0.25, -0.2) is 0 Å². The Bertz CT molecular complexity index is 271. The van der Waals surface area contributed by atoms with Crippen molar-refractivity contribution in [3.63, 3.8) is 0 Å². The second-order valence-corrected chi connectivity index (χ2v) is 5.43. The zero-order valence-corrected chi connectivity index (χ0v) is 10.4. The normalized spacial score (nSPS) is 10.4. The number of benzene rings is 1. The Morgan fingerprint density at radius 3 is 2.69 bits per heavy atom. The van der Waals surface area contributed by atoms with Crippen molar-refractivity contribution in [3.05, 3.63) is 23.8 Å². The number of thioether (sulfide) groups is 2. The van der Waals surface area contributed by atoms with Crippen LogP contribution in [0, 0.1) is 6.92 Å². The largest absolute Gasteiger partial charge is 0.165 e. The third-order valence-corrected chi connectivity index (χ3v) is 4.08. The Hall–Kier alpha value is 0.270. The Kier molecular flexibility index (Phi) is 5.14. The Labute approximate surface area is 94.3 Å². The number of hydrogen-bond donors (Lipinski definition) is 1. The van der Waals surface area contributed by atoms with E-state index in [0.29, 0.717) is 0 Å². The SMILES string of the molecule is CSCCSc1ccc(C)c(S)c1. The molecular weight excluding hydrogens is 216 g/mol. The standard InChI is InChI=1S/C10H14S3/c1-8-3-4-9(7-10(8)11)13-6-5-12-2/h3-4,7,11H,5-6H2,1-2H3. The molecule has 0 aliphatic carbocycles. The summed E-state index contributed by atoms with van der Waals surface area (Å²) >= 11 is 8.18. The first-order valence-electron chi connectivity index (χ1n) is 4.15. The van der Waals surface area contributed by atoms with Crippen molar-refractivity contribution in [1.82, 2.24) is 0 Å². The fourth-order valence-corrected chi connectivity index (χ4v) is 2.82. The minimum atomic E-state index is 1.09. The van der Waals surface area contributed by atoms with Crippen LogP contribution in [0.25, 0.3) is 0 Å². The molecule has 0 saturated heterocycles. The zero-order chi connectivity index (χ0) is 9.68. The van der Waals surface area contributed by atoms with E-state index in [-0.39, 0.29) is 0 Å². The third-order valence-electron chi connectivity index (χ3n) is 1.74. The molecule has 0 aromatic heterocycles. The molecule has 1 rings (SSSR count). The van der Waals surface area contributed by atoms with Gasteiger partial charge in [-0.15, -0.1) is 24.4 Å². The summed E-state index contributed by atoms with van der Waals surface area (Å²) in [5.41, 5.74) is 1.25. The molecule has 0 saturated carbocycles. The summed E-state index contributed by atoms with van der Waals surface area (Å²) in [4.78, 5) is 2.42. The van der Waals surface area contributed by atoms with Crippen LogP contribution in [0.5, 0.6) is 0 Å². The average Bonchev–Trinajstić information content (AvgIpc) is 2.12. The highest BCUT2D eigenvalue weighted by Crippen LogP contribution is 2.23. The lowest BCUT2D eigenvalue weighted by atomic mass is 10.2. The van der Waals surface area contributed by atoms with Crippen LogP contribution in [-0.2, 0) is 0 Å². The summed E-state index contributed by atoms with van der Waals surface area (Å²) < 4.78 is 0. The zero-order valence-electron chi connectivity index (χ0n) is 7.91. The highest BCUT2D eigenvalue weighted by molar-refractivity contribution is 8.02. The van der Waals surface area contributed by atoms with E-state index in [1.54, 1.807) is 0 Å². The van der Waals surface area contributed by atoms with E-state index < -0.39 is 0 Å². The summed E-state index contributed by atoms with van der Waals surface area (Å²) in [7, 11) is 0. The second kappa shape index (κ2) is 5.89. The maximum absolute atomic E-state index is 4.39. The highest BCUT2D eigenvalue weighted by atomic mass is 32.2. The summed E-state index contributed by atoms with van der Waals surface area (Å²) in [6.07, 6.45) is 2.14. The van der Waals surface area contributed by atoms with Gasteiger partial charge < -0.3 is 0 Å². The molecule has 0 fully saturated rings. The molecule has 0 aliphatic rings. The third kappa shape index (κ3) is 3.88. The molecule has 0 atom stereocenters. The molecule has 0 nitrogen and oxygen atoms in total. The maximum atomic E-state index is 4.39. The van der Waals surface area contributed by atoms with Gasteiger partial charge >= 0.3 is 0 Å². The van der Waals surface area contributed by atoms with Crippen LogP contribution < -0.4 is 0 Å². The Morgan fingerprint density at radius 1 is 1.31 bits per heavy atom. The molecule has 0 spiro atoms. The molecule has 0 heterocycles. The van der Waals surface area contributed by atoms with E-state index in [2.05, 4.69) is 44.0 Å². The van der Waals surface area contributed by atoms with Gasteiger partial charge in [0.05, 0.1) is 0 Å². The van der Waals surface area contributed by atoms with Crippen LogP contribution in [0.3, 0.4) is 0 Å². The smallest absolute Gasteiger partial charge is 0.00834 e. The van der Waals surface area contributed by atoms with Crippen molar-refractivity contribution in [2.75, 3.05) is 17.8 Å². The summed E-state index contributed by atoms with van der Waals surface area (Å²) in [6, 6.07) is 6.44. The van der Waals surface area contributed by atoms with Gasteiger partial charge in [-0.05, 0) is 30.9 Å². The molecule has 13 heavy (non-hydrogen) atoms. The Balaban J connectivity index is 2.53. The quantitative estimate of drug-likeness (QED) is 0.475. The summed E-state index contributed by atoms with van der Waals surface area (Å²) in [5, 5.41) is 0. The predicted molar refractivity (Wildman–Crippen MR) is 67.5 cm³/mol. The lowest BCUT2D eigenvalue weighted by Crippen LogP contribution is -1.83. The van der Waals surface area contributed by atoms with Crippen molar-refractivity contribution in [2.45, 2.75) is 16.7 Å². The van der Waals surface area contributed by atoms with E-state index in [4.69, 9.17) is 0 Å². The lowest BCUT2D eigenvalue weighted by molar-refractivity contribution is 1.24. The molecule has 1 aromatic rings. The van der Waals surface area contributed by atoms with Gasteiger partial charge in [0.15, 0.2) is 0 Å². The lowest BCUT2D eigenvalue weighted by Gasteiger charge is -2.03. The number of aryl methyl sites for hydroxylation is 1. The van der Waals surface area contributed by atoms with Crippen molar-refractivity contribution >= 4 is 36.2 Å². The monoisotopic (exact) mass is 230 g/mol. The summed E-state index contributed by atoms with van der Waals surface area (Å²) in [6.45, 7) is 2.08. The van der Waals surface area contributed by atoms with Crippen LogP contribution in [0.2, 0.25) is 0 Å². The number of thiol groups is 1. The molecular formula is C10H14S3. The van der Waals surface area contributed by atoms with Crippen LogP contribution in [0.15, 0.2) is 28.0 Å². The maximum Gasteiger partial charge on any atom is 0.00834 e. The van der Waals surface area contributed by atoms with Crippen LogP contribution in [-0.4, -0.2) is 17.8 Å². The van der Waals surface area contributed by atoms with Crippen LogP contribution >= 0.6 is 36.2 Å². The Morgan fingerprint density at radius 2 is 2.08 bits per heavy atom. The highest BCUT2D eigenvalue weighted by Gasteiger charge is 1.96. The first kappa shape index (κ1) is 11.3. The van der Waals surface area contributed by atoms with E-state index in [1.165, 1.54) is 22.0 Å². The fourth-order valence-electron chi connectivity index (χ4n) is 0.922. The van der Waals surface area contributed by atoms with Crippen LogP contribution in [0.1, 0.15) is 5.56 Å². The van der Waals surface area contributed by atoms with E-state index in [1.807, 2.05) is 23.5 Å². The van der Waals surface area contributed by atoms with E-state index in [9.17, 15) is 0 Å². The van der Waals surface area contributed by atoms with Gasteiger partial charge in [0.25, 0.3) is 0 Å². The number of hydrogen-bond acceptors (Lipinski definition) is 3. The molecule has 0 N–H and O–H groups in total. The van der Waals surface area contributed by atoms with Gasteiger partial charge in [-0.3, -0.25) is 0 Å². The van der Waals surface area contributed by atoms with E-state index in [0.717, 1.165) is 4.90 Å². The molecule has 0 unspecified atom stereocenters. The average molecular weight is 230 g/mol. The van der Waals surface area contributed by atoms with Crippen molar-refractivity contribution < 1.29 is 0 Å². The molecule has 0 radical (unpaired) electrons. The van der Waals surface area contributed by atoms with Crippen molar-refractivity contribution in [1.29, 1.82) is 0 Å². The van der Waals surface area contributed by atoms with Gasteiger partial charge in [0.2, 0.25) is 0 Å². The first-order valence-corrected chi connectivity index (χ1v) is 6.98. The predicted octanol–water partition coefficient (Wildman–Crippen LogP) is 3.74. The molecule has 3 heteroatoms. The molecule has 0 bridgehead atoms. The molecule has 0 aliphatic heterocycles. The van der Waals surface area contributed by atoms with Crippen molar-refractivity contribution in [3.8, 4) is 0 Å². The fraction of sp³-hybridized carbons (Fsp3) is 0.400. The van der Waals surface area contributed by atoms with Gasteiger partial charge in [0.1, 0.15) is 0 Å². The van der Waals surface area contributed by atoms with Gasteiger partial charge in [-0.2, -0.15) is 11.8 Å². The topological polar surface area (TPSA) is 0 Å². The minimum absolute atomic E-state index is 1.09.